The molecule has 0 saturated carbocycles. The Hall–Kier alpha value is -1.25. The molecule has 0 fully saturated rings. The predicted molar refractivity (Wildman–Crippen MR) is 48.5 cm³/mol. The Bertz CT molecular complexity index is 308. The second kappa shape index (κ2) is 3.43. The number of aryl methyl sites for hydroxylation is 1. The highest BCUT2D eigenvalue weighted by Gasteiger charge is 2.04. The van der Waals surface area contributed by atoms with E-state index in [-0.39, 0.29) is 0 Å². The van der Waals surface area contributed by atoms with Crippen LogP contribution in [-0.4, -0.2) is 21.2 Å². The monoisotopic (exact) mass is 160 g/mol. The van der Waals surface area contributed by atoms with E-state index in [2.05, 4.69) is 0 Å². The molecule has 1 rings (SSSR count). The number of hydrogen-bond donors (Lipinski definition) is 0. The number of rotatable bonds is 2. The summed E-state index contributed by atoms with van der Waals surface area (Å²) in [6.07, 6.45) is 0.771. The summed E-state index contributed by atoms with van der Waals surface area (Å²) in [5.74, 6) is 0.530. The fourth-order valence-electron chi connectivity index (χ4n) is 1.11. The summed E-state index contributed by atoms with van der Waals surface area (Å²) in [5, 5.41) is 0. The molecule has 1 aromatic rings. The molecule has 0 spiro atoms. The van der Waals surface area contributed by atoms with Crippen LogP contribution in [0.4, 0.5) is 0 Å². The third-order valence-corrected chi connectivity index (χ3v) is 1.71. The predicted octanol–water partition coefficient (Wildman–Crippen LogP) is 0.610. The third-order valence-electron chi connectivity index (χ3n) is 1.71. The molecule has 60 valence electrons. The lowest BCUT2D eigenvalue weighted by atomic mass is 9.92. The molecule has 0 heterocycles. The normalized spacial score (nSPS) is 9.50. The zero-order valence-electron chi connectivity index (χ0n) is 7.13. The Balaban J connectivity index is 3.33. The molecule has 1 aromatic carbocycles. The molecule has 0 aromatic heterocycles. The van der Waals surface area contributed by atoms with Gasteiger partial charge >= 0.3 is 0 Å². The van der Waals surface area contributed by atoms with Crippen molar-refractivity contribution in [2.24, 2.45) is 0 Å². The highest BCUT2D eigenvalue weighted by molar-refractivity contribution is 6.32. The first kappa shape index (κ1) is 8.85. The quantitative estimate of drug-likeness (QED) is 0.468. The van der Waals surface area contributed by atoms with E-state index in [1.165, 1.54) is 7.11 Å². The van der Waals surface area contributed by atoms with Gasteiger partial charge in [-0.3, -0.25) is 4.79 Å². The van der Waals surface area contributed by atoms with Crippen LogP contribution in [0.25, 0.3) is 0 Å². The summed E-state index contributed by atoms with van der Waals surface area (Å²) in [6.45, 7) is 1.82. The summed E-state index contributed by atoms with van der Waals surface area (Å²) in [4.78, 5) is 10.6. The Kier molecular flexibility index (Phi) is 2.53. The van der Waals surface area contributed by atoms with Crippen molar-refractivity contribution in [1.82, 2.24) is 0 Å². The van der Waals surface area contributed by atoms with Crippen LogP contribution in [0.1, 0.15) is 15.9 Å². The first-order chi connectivity index (χ1) is 5.69. The maximum absolute atomic E-state index is 10.6. The Labute approximate surface area is 73.0 Å². The molecule has 0 aliphatic carbocycles. The lowest BCUT2D eigenvalue weighted by Crippen LogP contribution is -2.06. The maximum atomic E-state index is 10.6. The summed E-state index contributed by atoms with van der Waals surface area (Å²) >= 11 is 0. The first-order valence-corrected chi connectivity index (χ1v) is 3.58. The van der Waals surface area contributed by atoms with Crippen LogP contribution in [0.15, 0.2) is 12.1 Å². The average molecular weight is 160 g/mol. The molecule has 0 aliphatic heterocycles. The van der Waals surface area contributed by atoms with Gasteiger partial charge in [0.25, 0.3) is 0 Å². The molecule has 0 unspecified atom stereocenters. The summed E-state index contributed by atoms with van der Waals surface area (Å²) in [7, 11) is 7.08. The highest BCUT2D eigenvalue weighted by Crippen LogP contribution is 2.17. The van der Waals surface area contributed by atoms with Crippen molar-refractivity contribution in [3.8, 4) is 5.75 Å². The lowest BCUT2D eigenvalue weighted by molar-refractivity contribution is 0.112. The molecule has 0 aliphatic rings. The summed E-state index contributed by atoms with van der Waals surface area (Å²) < 4.78 is 4.99. The van der Waals surface area contributed by atoms with Gasteiger partial charge in [-0.25, -0.2) is 0 Å². The van der Waals surface area contributed by atoms with Crippen molar-refractivity contribution in [3.63, 3.8) is 0 Å². The van der Waals surface area contributed by atoms with Gasteiger partial charge in [0.1, 0.15) is 13.6 Å². The van der Waals surface area contributed by atoms with Crippen LogP contribution < -0.4 is 10.2 Å². The third kappa shape index (κ3) is 1.50. The molecular formula is C9H9BO2. The fourth-order valence-corrected chi connectivity index (χ4v) is 1.11. The molecule has 0 bridgehead atoms. The van der Waals surface area contributed by atoms with E-state index in [1.54, 1.807) is 12.1 Å². The van der Waals surface area contributed by atoms with Crippen molar-refractivity contribution >= 4 is 19.6 Å². The SMILES string of the molecule is [B]c1cc(C)c(C=O)c(OC)c1. The lowest BCUT2D eigenvalue weighted by Gasteiger charge is -2.07. The van der Waals surface area contributed by atoms with Gasteiger partial charge in [0.15, 0.2) is 6.29 Å². The van der Waals surface area contributed by atoms with Crippen molar-refractivity contribution in [3.05, 3.63) is 23.3 Å². The van der Waals surface area contributed by atoms with Gasteiger partial charge in [-0.05, 0) is 18.6 Å². The van der Waals surface area contributed by atoms with Gasteiger partial charge in [0.2, 0.25) is 0 Å². The topological polar surface area (TPSA) is 26.3 Å². The minimum absolute atomic E-state index is 0.530. The van der Waals surface area contributed by atoms with Gasteiger partial charge in [-0.2, -0.15) is 0 Å². The van der Waals surface area contributed by atoms with E-state index < -0.39 is 0 Å². The highest BCUT2D eigenvalue weighted by atomic mass is 16.5. The zero-order valence-corrected chi connectivity index (χ0v) is 7.13. The van der Waals surface area contributed by atoms with Gasteiger partial charge in [-0.15, -0.1) is 0 Å². The second-order valence-electron chi connectivity index (χ2n) is 2.57. The molecule has 2 radical (unpaired) electrons. The number of carbonyl (C=O) groups is 1. The van der Waals surface area contributed by atoms with E-state index >= 15 is 0 Å². The van der Waals surface area contributed by atoms with Gasteiger partial charge < -0.3 is 4.74 Å². The van der Waals surface area contributed by atoms with E-state index in [0.717, 1.165) is 11.8 Å². The Morgan fingerprint density at radius 1 is 1.50 bits per heavy atom. The largest absolute Gasteiger partial charge is 0.496 e. The zero-order chi connectivity index (χ0) is 9.14. The smallest absolute Gasteiger partial charge is 0.154 e. The fraction of sp³-hybridized carbons (Fsp3) is 0.222. The number of carbonyl (C=O) groups excluding carboxylic acids is 1. The minimum atomic E-state index is 0.530. The van der Waals surface area contributed by atoms with Crippen LogP contribution in [0.2, 0.25) is 0 Å². The van der Waals surface area contributed by atoms with Crippen LogP contribution in [0, 0.1) is 6.92 Å². The van der Waals surface area contributed by atoms with Crippen molar-refractivity contribution in [2.75, 3.05) is 7.11 Å². The summed E-state index contributed by atoms with van der Waals surface area (Å²) in [5.41, 5.74) is 2.00. The molecule has 12 heavy (non-hydrogen) atoms. The summed E-state index contributed by atoms with van der Waals surface area (Å²) in [6, 6.07) is 3.38. The molecule has 0 saturated heterocycles. The van der Waals surface area contributed by atoms with E-state index in [9.17, 15) is 4.79 Å². The average Bonchev–Trinajstić information content (AvgIpc) is 2.03. The minimum Gasteiger partial charge on any atom is -0.496 e. The van der Waals surface area contributed by atoms with Crippen LogP contribution in [0.3, 0.4) is 0 Å². The Morgan fingerprint density at radius 3 is 2.67 bits per heavy atom. The maximum Gasteiger partial charge on any atom is 0.154 e. The molecule has 0 amide bonds. The number of benzene rings is 1. The standard InChI is InChI=1S/C9H9BO2/c1-6-3-7(10)4-9(12-2)8(6)5-11/h3-5H,1-2H3. The number of ether oxygens (including phenoxy) is 1. The van der Waals surface area contributed by atoms with Crippen LogP contribution >= 0.6 is 0 Å². The van der Waals surface area contributed by atoms with Gasteiger partial charge in [-0.1, -0.05) is 11.5 Å². The number of hydrogen-bond acceptors (Lipinski definition) is 2. The Morgan fingerprint density at radius 2 is 2.17 bits per heavy atom. The van der Waals surface area contributed by atoms with Crippen molar-refractivity contribution in [1.29, 1.82) is 0 Å². The van der Waals surface area contributed by atoms with Crippen molar-refractivity contribution in [2.45, 2.75) is 6.92 Å². The van der Waals surface area contributed by atoms with Crippen LogP contribution in [0.5, 0.6) is 5.75 Å². The molecule has 0 N–H and O–H groups in total. The van der Waals surface area contributed by atoms with E-state index in [4.69, 9.17) is 12.6 Å². The van der Waals surface area contributed by atoms with Gasteiger partial charge in [0.05, 0.1) is 12.7 Å². The van der Waals surface area contributed by atoms with E-state index in [0.29, 0.717) is 16.8 Å². The van der Waals surface area contributed by atoms with Crippen molar-refractivity contribution < 1.29 is 9.53 Å². The first-order valence-electron chi connectivity index (χ1n) is 3.58. The van der Waals surface area contributed by atoms with E-state index in [1.807, 2.05) is 6.92 Å². The van der Waals surface area contributed by atoms with Crippen LogP contribution in [-0.2, 0) is 0 Å². The second-order valence-corrected chi connectivity index (χ2v) is 2.57. The molecule has 0 atom stereocenters. The van der Waals surface area contributed by atoms with Gasteiger partial charge in [0, 0.05) is 0 Å². The molecule has 3 heteroatoms. The molecular weight excluding hydrogens is 151 g/mol. The number of methoxy groups -OCH3 is 1. The molecule has 2 nitrogen and oxygen atoms in total. The number of aldehydes is 1.